The molecule has 2 N–H and O–H groups in total. The number of rotatable bonds is 1. The maximum Gasteiger partial charge on any atom is 0.223 e. The first kappa shape index (κ1) is 9.52. The van der Waals surface area contributed by atoms with Crippen LogP contribution in [0, 0.1) is 0 Å². The summed E-state index contributed by atoms with van der Waals surface area (Å²) < 4.78 is 0. The third kappa shape index (κ3) is 1.75. The Labute approximate surface area is 88.1 Å². The van der Waals surface area contributed by atoms with Gasteiger partial charge in [-0.25, -0.2) is 4.98 Å². The van der Waals surface area contributed by atoms with Gasteiger partial charge < -0.3 is 10.6 Å². The van der Waals surface area contributed by atoms with Crippen molar-refractivity contribution < 1.29 is 0 Å². The lowest BCUT2D eigenvalue weighted by Crippen LogP contribution is -2.27. The molecule has 1 aliphatic rings. The summed E-state index contributed by atoms with van der Waals surface area (Å²) >= 11 is 5.82. The summed E-state index contributed by atoms with van der Waals surface area (Å²) in [6.07, 6.45) is 2.39. The lowest BCUT2D eigenvalue weighted by atomic mass is 10.2. The molecule has 0 radical (unpaired) electrons. The second-order valence-electron chi connectivity index (χ2n) is 3.59. The van der Waals surface area contributed by atoms with Gasteiger partial charge in [-0.2, -0.15) is 4.98 Å². The number of halogens is 1. The number of nitrogens with two attached hydrogens (primary N) is 1. The van der Waals surface area contributed by atoms with E-state index < -0.39 is 0 Å². The van der Waals surface area contributed by atoms with E-state index in [0.29, 0.717) is 11.2 Å². The van der Waals surface area contributed by atoms with Crippen molar-refractivity contribution in [2.24, 2.45) is 0 Å². The molecule has 4 nitrogen and oxygen atoms in total. The Morgan fingerprint density at radius 1 is 1.57 bits per heavy atom. The van der Waals surface area contributed by atoms with E-state index in [1.165, 1.54) is 12.8 Å². The first-order chi connectivity index (χ1) is 6.66. The molecule has 0 aliphatic carbocycles. The van der Waals surface area contributed by atoms with Crippen LogP contribution in [0.3, 0.4) is 0 Å². The Kier molecular flexibility index (Phi) is 2.46. The van der Waals surface area contributed by atoms with Crippen molar-refractivity contribution in [3.8, 4) is 0 Å². The van der Waals surface area contributed by atoms with Gasteiger partial charge in [0.2, 0.25) is 5.95 Å². The maximum absolute atomic E-state index is 5.82. The summed E-state index contributed by atoms with van der Waals surface area (Å²) in [6.45, 7) is 3.20. The predicted octanol–water partition coefficient (Wildman–Crippen LogP) is 1.70. The lowest BCUT2D eigenvalue weighted by molar-refractivity contribution is 0.726. The van der Waals surface area contributed by atoms with Gasteiger partial charge in [-0.3, -0.25) is 0 Å². The van der Waals surface area contributed by atoms with Gasteiger partial charge in [0.25, 0.3) is 0 Å². The quantitative estimate of drug-likeness (QED) is 0.720. The molecular formula is C9H13ClN4. The van der Waals surface area contributed by atoms with Crippen molar-refractivity contribution in [3.05, 3.63) is 11.2 Å². The summed E-state index contributed by atoms with van der Waals surface area (Å²) in [7, 11) is 0. The summed E-state index contributed by atoms with van der Waals surface area (Å²) in [5, 5.41) is 0.409. The second-order valence-corrected chi connectivity index (χ2v) is 3.98. The standard InChI is InChI=1S/C9H13ClN4/c1-6-3-2-4-14(6)8-5-7(10)12-9(11)13-8/h5-6H,2-4H2,1H3,(H2,11,12,13)/t6-/m1/s1. The van der Waals surface area contributed by atoms with Crippen molar-refractivity contribution in [2.45, 2.75) is 25.8 Å². The highest BCUT2D eigenvalue weighted by Crippen LogP contribution is 2.25. The number of hydrogen-bond acceptors (Lipinski definition) is 4. The molecule has 2 heterocycles. The zero-order valence-corrected chi connectivity index (χ0v) is 8.83. The topological polar surface area (TPSA) is 55.0 Å². The van der Waals surface area contributed by atoms with E-state index in [4.69, 9.17) is 17.3 Å². The molecule has 14 heavy (non-hydrogen) atoms. The first-order valence-corrected chi connectivity index (χ1v) is 5.11. The van der Waals surface area contributed by atoms with Crippen LogP contribution in [0.1, 0.15) is 19.8 Å². The predicted molar refractivity (Wildman–Crippen MR) is 57.5 cm³/mol. The molecule has 76 valence electrons. The van der Waals surface area contributed by atoms with E-state index >= 15 is 0 Å². The highest BCUT2D eigenvalue weighted by atomic mass is 35.5. The van der Waals surface area contributed by atoms with Gasteiger partial charge in [0.05, 0.1) is 0 Å². The highest BCUT2D eigenvalue weighted by Gasteiger charge is 2.22. The molecule has 5 heteroatoms. The van der Waals surface area contributed by atoms with Gasteiger partial charge in [0.15, 0.2) is 0 Å². The Hall–Kier alpha value is -1.03. The van der Waals surface area contributed by atoms with Crippen LogP contribution < -0.4 is 10.6 Å². The fraction of sp³-hybridized carbons (Fsp3) is 0.556. The SMILES string of the molecule is C[C@@H]1CCCN1c1cc(Cl)nc(N)n1. The molecule has 1 aliphatic heterocycles. The Bertz CT molecular complexity index is 321. The molecule has 2 rings (SSSR count). The van der Waals surface area contributed by atoms with Gasteiger partial charge in [-0.15, -0.1) is 0 Å². The van der Waals surface area contributed by atoms with Gasteiger partial charge in [-0.05, 0) is 19.8 Å². The Morgan fingerprint density at radius 3 is 2.93 bits per heavy atom. The Morgan fingerprint density at radius 2 is 2.36 bits per heavy atom. The number of nitrogens with zero attached hydrogens (tertiary/aromatic N) is 3. The molecule has 0 bridgehead atoms. The van der Waals surface area contributed by atoms with Crippen LogP contribution in [0.2, 0.25) is 5.15 Å². The molecular weight excluding hydrogens is 200 g/mol. The monoisotopic (exact) mass is 212 g/mol. The van der Waals surface area contributed by atoms with E-state index in [0.717, 1.165) is 12.4 Å². The molecule has 1 atom stereocenters. The van der Waals surface area contributed by atoms with E-state index in [1.54, 1.807) is 6.07 Å². The molecule has 1 aromatic heterocycles. The summed E-state index contributed by atoms with van der Waals surface area (Å²) in [4.78, 5) is 10.2. The van der Waals surface area contributed by atoms with Crippen molar-refractivity contribution in [3.63, 3.8) is 0 Å². The lowest BCUT2D eigenvalue weighted by Gasteiger charge is -2.22. The third-order valence-corrected chi connectivity index (χ3v) is 2.74. The normalized spacial score (nSPS) is 21.6. The molecule has 0 amide bonds. The molecule has 1 saturated heterocycles. The van der Waals surface area contributed by atoms with Crippen LogP contribution in [-0.2, 0) is 0 Å². The number of nitrogen functional groups attached to an aromatic ring is 1. The van der Waals surface area contributed by atoms with E-state index in [2.05, 4.69) is 21.8 Å². The molecule has 0 spiro atoms. The second kappa shape index (κ2) is 3.61. The van der Waals surface area contributed by atoms with Crippen molar-refractivity contribution >= 4 is 23.4 Å². The van der Waals surface area contributed by atoms with Gasteiger partial charge in [0, 0.05) is 18.7 Å². The summed E-state index contributed by atoms with van der Waals surface area (Å²) in [6, 6.07) is 2.28. The van der Waals surface area contributed by atoms with Crippen LogP contribution in [-0.4, -0.2) is 22.6 Å². The number of aromatic nitrogens is 2. The van der Waals surface area contributed by atoms with Gasteiger partial charge in [-0.1, -0.05) is 11.6 Å². The van der Waals surface area contributed by atoms with Crippen molar-refractivity contribution in [2.75, 3.05) is 17.2 Å². The number of anilines is 2. The van der Waals surface area contributed by atoms with Gasteiger partial charge in [0.1, 0.15) is 11.0 Å². The maximum atomic E-state index is 5.82. The fourth-order valence-corrected chi connectivity index (χ4v) is 2.03. The van der Waals surface area contributed by atoms with Gasteiger partial charge >= 0.3 is 0 Å². The van der Waals surface area contributed by atoms with Crippen LogP contribution in [0.15, 0.2) is 6.07 Å². The smallest absolute Gasteiger partial charge is 0.223 e. The van der Waals surface area contributed by atoms with E-state index in [9.17, 15) is 0 Å². The average molecular weight is 213 g/mol. The van der Waals surface area contributed by atoms with Crippen molar-refractivity contribution in [1.29, 1.82) is 0 Å². The van der Waals surface area contributed by atoms with Crippen LogP contribution >= 0.6 is 11.6 Å². The largest absolute Gasteiger partial charge is 0.368 e. The molecule has 1 fully saturated rings. The van der Waals surface area contributed by atoms with Crippen molar-refractivity contribution in [1.82, 2.24) is 9.97 Å². The van der Waals surface area contributed by atoms with E-state index in [1.807, 2.05) is 0 Å². The van der Waals surface area contributed by atoms with E-state index in [-0.39, 0.29) is 5.95 Å². The minimum absolute atomic E-state index is 0.242. The number of hydrogen-bond donors (Lipinski definition) is 1. The molecule has 0 saturated carbocycles. The van der Waals surface area contributed by atoms with Crippen LogP contribution in [0.25, 0.3) is 0 Å². The summed E-state index contributed by atoms with van der Waals surface area (Å²) in [5.74, 6) is 1.08. The third-order valence-electron chi connectivity index (χ3n) is 2.55. The van der Waals surface area contributed by atoms with Crippen LogP contribution in [0.5, 0.6) is 0 Å². The minimum Gasteiger partial charge on any atom is -0.368 e. The average Bonchev–Trinajstić information content (AvgIpc) is 2.49. The fourth-order valence-electron chi connectivity index (χ4n) is 1.84. The molecule has 0 unspecified atom stereocenters. The minimum atomic E-state index is 0.242. The highest BCUT2D eigenvalue weighted by molar-refractivity contribution is 6.29. The molecule has 0 aromatic carbocycles. The zero-order chi connectivity index (χ0) is 10.1. The molecule has 1 aromatic rings. The summed E-state index contributed by atoms with van der Waals surface area (Å²) in [5.41, 5.74) is 5.54. The van der Waals surface area contributed by atoms with Crippen LogP contribution in [0.4, 0.5) is 11.8 Å². The first-order valence-electron chi connectivity index (χ1n) is 4.73. The Balaban J connectivity index is 2.31. The zero-order valence-electron chi connectivity index (χ0n) is 8.07.